The van der Waals surface area contributed by atoms with Crippen molar-refractivity contribution >= 4 is 11.8 Å². The van der Waals surface area contributed by atoms with E-state index in [0.29, 0.717) is 38.0 Å². The van der Waals surface area contributed by atoms with Gasteiger partial charge in [0.1, 0.15) is 6.04 Å². The van der Waals surface area contributed by atoms with Gasteiger partial charge in [-0.15, -0.1) is 0 Å². The number of nitrogens with one attached hydrogen (secondary N) is 1. The lowest BCUT2D eigenvalue weighted by atomic mass is 9.95. The van der Waals surface area contributed by atoms with Gasteiger partial charge in [0, 0.05) is 44.4 Å². The number of hydrogen-bond acceptors (Lipinski definition) is 4. The number of amides is 2. The number of rotatable bonds is 4. The van der Waals surface area contributed by atoms with E-state index in [1.165, 1.54) is 0 Å². The first kappa shape index (κ1) is 15.5. The third-order valence-corrected chi connectivity index (χ3v) is 3.88. The van der Waals surface area contributed by atoms with Gasteiger partial charge in [0.2, 0.25) is 11.8 Å². The molecule has 1 saturated heterocycles. The molecule has 0 spiro atoms. The first-order valence-corrected chi connectivity index (χ1v) is 7.33. The minimum Gasteiger partial charge on any atom is -0.356 e. The van der Waals surface area contributed by atoms with Crippen molar-refractivity contribution in [3.63, 3.8) is 0 Å². The SMILES string of the molecule is CCNC(=O)C1CCN(C(=O)C(N)c2cnn(C)c2)CC1. The number of hydrogen-bond donors (Lipinski definition) is 2. The fourth-order valence-electron chi connectivity index (χ4n) is 2.62. The number of aromatic nitrogens is 2. The lowest BCUT2D eigenvalue weighted by molar-refractivity contribution is -0.136. The molecule has 21 heavy (non-hydrogen) atoms. The molecule has 0 radical (unpaired) electrons. The number of nitrogens with two attached hydrogens (primary N) is 1. The Morgan fingerprint density at radius 2 is 2.14 bits per heavy atom. The third-order valence-electron chi connectivity index (χ3n) is 3.88. The van der Waals surface area contributed by atoms with Crippen LogP contribution in [0.1, 0.15) is 31.4 Å². The fraction of sp³-hybridized carbons (Fsp3) is 0.643. The standard InChI is InChI=1S/C14H23N5O2/c1-3-16-13(20)10-4-6-19(7-5-10)14(21)12(15)11-8-17-18(2)9-11/h8-10,12H,3-7,15H2,1-2H3,(H,16,20). The highest BCUT2D eigenvalue weighted by Crippen LogP contribution is 2.20. The van der Waals surface area contributed by atoms with Crippen LogP contribution in [0.4, 0.5) is 0 Å². The van der Waals surface area contributed by atoms with Crippen molar-refractivity contribution in [1.82, 2.24) is 20.0 Å². The lowest BCUT2D eigenvalue weighted by Gasteiger charge is -2.32. The van der Waals surface area contributed by atoms with Gasteiger partial charge >= 0.3 is 0 Å². The molecule has 0 aliphatic carbocycles. The minimum atomic E-state index is -0.681. The molecule has 1 aromatic heterocycles. The Morgan fingerprint density at radius 3 is 2.67 bits per heavy atom. The van der Waals surface area contributed by atoms with Crippen LogP contribution in [0, 0.1) is 5.92 Å². The molecule has 3 N–H and O–H groups in total. The highest BCUT2D eigenvalue weighted by molar-refractivity contribution is 5.83. The van der Waals surface area contributed by atoms with Crippen LogP contribution in [0.2, 0.25) is 0 Å². The van der Waals surface area contributed by atoms with E-state index in [4.69, 9.17) is 5.73 Å². The summed E-state index contributed by atoms with van der Waals surface area (Å²) in [7, 11) is 1.79. The number of piperidine rings is 1. The van der Waals surface area contributed by atoms with Crippen molar-refractivity contribution in [3.8, 4) is 0 Å². The zero-order valence-electron chi connectivity index (χ0n) is 12.6. The minimum absolute atomic E-state index is 0.00335. The van der Waals surface area contributed by atoms with E-state index in [-0.39, 0.29) is 17.7 Å². The number of carbonyl (C=O) groups is 2. The zero-order chi connectivity index (χ0) is 15.4. The van der Waals surface area contributed by atoms with E-state index in [1.807, 2.05) is 6.92 Å². The Kier molecular flexibility index (Phi) is 4.95. The second-order valence-corrected chi connectivity index (χ2v) is 5.42. The first-order chi connectivity index (χ1) is 10.0. The molecule has 1 aliphatic heterocycles. The molecule has 7 heteroatoms. The van der Waals surface area contributed by atoms with Crippen LogP contribution < -0.4 is 11.1 Å². The average Bonchev–Trinajstić information content (AvgIpc) is 2.92. The predicted molar refractivity (Wildman–Crippen MR) is 78.1 cm³/mol. The molecule has 2 rings (SSSR count). The highest BCUT2D eigenvalue weighted by Gasteiger charge is 2.30. The Bertz CT molecular complexity index is 505. The smallest absolute Gasteiger partial charge is 0.244 e. The molecule has 1 aromatic rings. The first-order valence-electron chi connectivity index (χ1n) is 7.33. The maximum absolute atomic E-state index is 12.4. The second-order valence-electron chi connectivity index (χ2n) is 5.42. The molecule has 0 bridgehead atoms. The van der Waals surface area contributed by atoms with Crippen molar-refractivity contribution in [2.24, 2.45) is 18.7 Å². The Labute approximate surface area is 124 Å². The van der Waals surface area contributed by atoms with Gasteiger partial charge in [-0.25, -0.2) is 0 Å². The summed E-state index contributed by atoms with van der Waals surface area (Å²) in [5, 5.41) is 6.87. The molecule has 1 fully saturated rings. The summed E-state index contributed by atoms with van der Waals surface area (Å²) in [6.07, 6.45) is 4.75. The molecule has 1 unspecified atom stereocenters. The number of carbonyl (C=O) groups excluding carboxylic acids is 2. The third kappa shape index (κ3) is 3.60. The van der Waals surface area contributed by atoms with E-state index < -0.39 is 6.04 Å². The van der Waals surface area contributed by atoms with E-state index in [0.717, 1.165) is 0 Å². The largest absolute Gasteiger partial charge is 0.356 e. The van der Waals surface area contributed by atoms with Gasteiger partial charge in [0.05, 0.1) is 6.20 Å². The van der Waals surface area contributed by atoms with Gasteiger partial charge < -0.3 is 16.0 Å². The number of likely N-dealkylation sites (tertiary alicyclic amines) is 1. The van der Waals surface area contributed by atoms with E-state index >= 15 is 0 Å². The van der Waals surface area contributed by atoms with Crippen molar-refractivity contribution < 1.29 is 9.59 Å². The van der Waals surface area contributed by atoms with E-state index in [9.17, 15) is 9.59 Å². The Balaban J connectivity index is 1.89. The molecule has 1 aliphatic rings. The van der Waals surface area contributed by atoms with Crippen molar-refractivity contribution in [2.75, 3.05) is 19.6 Å². The summed E-state index contributed by atoms with van der Waals surface area (Å²) in [4.78, 5) is 25.9. The molecule has 7 nitrogen and oxygen atoms in total. The maximum Gasteiger partial charge on any atom is 0.244 e. The maximum atomic E-state index is 12.4. The van der Waals surface area contributed by atoms with Gasteiger partial charge in [-0.2, -0.15) is 5.10 Å². The molecule has 0 saturated carbocycles. The van der Waals surface area contributed by atoms with Crippen LogP contribution >= 0.6 is 0 Å². The van der Waals surface area contributed by atoms with Crippen LogP contribution in [0.3, 0.4) is 0 Å². The fourth-order valence-corrected chi connectivity index (χ4v) is 2.62. The number of aryl methyl sites for hydroxylation is 1. The Morgan fingerprint density at radius 1 is 1.48 bits per heavy atom. The molecule has 2 amide bonds. The normalized spacial score (nSPS) is 17.6. The zero-order valence-corrected chi connectivity index (χ0v) is 12.6. The molecular formula is C14H23N5O2. The predicted octanol–water partition coefficient (Wildman–Crippen LogP) is -0.205. The molecule has 2 heterocycles. The molecule has 0 aromatic carbocycles. The summed E-state index contributed by atoms with van der Waals surface area (Å²) < 4.78 is 1.63. The number of nitrogens with zero attached hydrogens (tertiary/aromatic N) is 3. The van der Waals surface area contributed by atoms with Gasteiger partial charge in [-0.05, 0) is 19.8 Å². The van der Waals surface area contributed by atoms with E-state index in [2.05, 4.69) is 10.4 Å². The van der Waals surface area contributed by atoms with Crippen LogP contribution in [-0.2, 0) is 16.6 Å². The van der Waals surface area contributed by atoms with Crippen molar-refractivity contribution in [3.05, 3.63) is 18.0 Å². The van der Waals surface area contributed by atoms with Crippen LogP contribution in [0.5, 0.6) is 0 Å². The summed E-state index contributed by atoms with van der Waals surface area (Å²) in [5.74, 6) is -0.0119. The van der Waals surface area contributed by atoms with Crippen LogP contribution in [0.25, 0.3) is 0 Å². The van der Waals surface area contributed by atoms with Crippen LogP contribution in [0.15, 0.2) is 12.4 Å². The molecule has 116 valence electrons. The van der Waals surface area contributed by atoms with Crippen LogP contribution in [-0.4, -0.2) is 46.1 Å². The van der Waals surface area contributed by atoms with E-state index in [1.54, 1.807) is 29.0 Å². The summed E-state index contributed by atoms with van der Waals surface area (Å²) in [6, 6.07) is -0.681. The quantitative estimate of drug-likeness (QED) is 0.803. The monoisotopic (exact) mass is 293 g/mol. The lowest BCUT2D eigenvalue weighted by Crippen LogP contribution is -2.46. The Hall–Kier alpha value is -1.89. The van der Waals surface area contributed by atoms with Crippen molar-refractivity contribution in [1.29, 1.82) is 0 Å². The summed E-state index contributed by atoms with van der Waals surface area (Å²) in [6.45, 7) is 3.70. The topological polar surface area (TPSA) is 93.2 Å². The summed E-state index contributed by atoms with van der Waals surface area (Å²) >= 11 is 0. The van der Waals surface area contributed by atoms with Crippen molar-refractivity contribution in [2.45, 2.75) is 25.8 Å². The average molecular weight is 293 g/mol. The van der Waals surface area contributed by atoms with Gasteiger partial charge in [-0.3, -0.25) is 14.3 Å². The summed E-state index contributed by atoms with van der Waals surface area (Å²) in [5.41, 5.74) is 6.72. The molecule has 1 atom stereocenters. The van der Waals surface area contributed by atoms with Gasteiger partial charge in [0.25, 0.3) is 0 Å². The molecular weight excluding hydrogens is 270 g/mol. The van der Waals surface area contributed by atoms with Gasteiger partial charge in [-0.1, -0.05) is 0 Å². The van der Waals surface area contributed by atoms with Gasteiger partial charge in [0.15, 0.2) is 0 Å². The second kappa shape index (κ2) is 6.71. The highest BCUT2D eigenvalue weighted by atomic mass is 16.2.